The van der Waals surface area contributed by atoms with Crippen LogP contribution in [0.3, 0.4) is 0 Å². The predicted octanol–water partition coefficient (Wildman–Crippen LogP) is 3.51. The summed E-state index contributed by atoms with van der Waals surface area (Å²) in [6.07, 6.45) is 8.40. The number of hydrogen-bond acceptors (Lipinski definition) is 4. The number of imidazole rings is 1. The number of aromatic nitrogens is 3. The largest absolute Gasteiger partial charge is 0.443 e. The van der Waals surface area contributed by atoms with E-state index in [4.69, 9.17) is 4.42 Å². The molecule has 1 aromatic carbocycles. The monoisotopic (exact) mass is 368 g/mol. The number of aryl methyl sites for hydroxylation is 1. The van der Waals surface area contributed by atoms with Gasteiger partial charge in [-0.2, -0.15) is 0 Å². The molecule has 1 aliphatic rings. The highest BCUT2D eigenvalue weighted by Gasteiger charge is 2.33. The van der Waals surface area contributed by atoms with E-state index in [0.717, 1.165) is 24.8 Å². The molecule has 1 amide bonds. The number of piperidine rings is 1. The molecule has 0 unspecified atom stereocenters. The summed E-state index contributed by atoms with van der Waals surface area (Å²) in [6.45, 7) is 0.659. The molecule has 7 heteroatoms. The molecule has 2 aromatic heterocycles. The van der Waals surface area contributed by atoms with Crippen LogP contribution < -0.4 is 0 Å². The third kappa shape index (κ3) is 3.63. The van der Waals surface area contributed by atoms with Crippen LogP contribution in [-0.2, 0) is 13.5 Å². The lowest BCUT2D eigenvalue weighted by molar-refractivity contribution is 0.0554. The van der Waals surface area contributed by atoms with Gasteiger partial charge < -0.3 is 13.9 Å². The average molecular weight is 368 g/mol. The van der Waals surface area contributed by atoms with E-state index in [1.54, 1.807) is 40.2 Å². The first-order chi connectivity index (χ1) is 13.1. The van der Waals surface area contributed by atoms with E-state index < -0.39 is 0 Å². The number of hydrogen-bond donors (Lipinski definition) is 0. The Hall–Kier alpha value is -2.96. The van der Waals surface area contributed by atoms with Crippen molar-refractivity contribution in [2.75, 3.05) is 6.54 Å². The van der Waals surface area contributed by atoms with Gasteiger partial charge >= 0.3 is 0 Å². The number of likely N-dealkylation sites (tertiary alicyclic amines) is 1. The van der Waals surface area contributed by atoms with E-state index in [1.807, 2.05) is 7.05 Å². The second-order valence-corrected chi connectivity index (χ2v) is 6.84. The third-order valence-electron chi connectivity index (χ3n) is 4.92. The molecule has 1 aliphatic heterocycles. The van der Waals surface area contributed by atoms with Gasteiger partial charge in [0.2, 0.25) is 5.89 Å². The molecule has 27 heavy (non-hydrogen) atoms. The molecule has 1 saturated heterocycles. The summed E-state index contributed by atoms with van der Waals surface area (Å²) in [5.41, 5.74) is 0.948. The third-order valence-corrected chi connectivity index (χ3v) is 4.92. The van der Waals surface area contributed by atoms with E-state index in [1.165, 1.54) is 12.1 Å². The zero-order valence-corrected chi connectivity index (χ0v) is 15.1. The normalized spacial score (nSPS) is 17.3. The summed E-state index contributed by atoms with van der Waals surface area (Å²) in [7, 11) is 1.81. The van der Waals surface area contributed by atoms with Crippen LogP contribution >= 0.6 is 0 Å². The lowest BCUT2D eigenvalue weighted by atomic mass is 10.0. The number of rotatable bonds is 4. The summed E-state index contributed by atoms with van der Waals surface area (Å²) in [5.74, 6) is 1.30. The highest BCUT2D eigenvalue weighted by atomic mass is 19.1. The highest BCUT2D eigenvalue weighted by molar-refractivity contribution is 5.91. The topological polar surface area (TPSA) is 64.2 Å². The van der Waals surface area contributed by atoms with E-state index in [2.05, 4.69) is 9.97 Å². The molecule has 1 atom stereocenters. The summed E-state index contributed by atoms with van der Waals surface area (Å²) in [6, 6.07) is 6.14. The van der Waals surface area contributed by atoms with Crippen LogP contribution in [0.15, 0.2) is 47.3 Å². The molecule has 0 radical (unpaired) electrons. The van der Waals surface area contributed by atoms with Crippen LogP contribution in [0, 0.1) is 5.82 Å². The van der Waals surface area contributed by atoms with E-state index in [-0.39, 0.29) is 17.8 Å². The van der Waals surface area contributed by atoms with Crippen LogP contribution in [-0.4, -0.2) is 31.9 Å². The van der Waals surface area contributed by atoms with Crippen molar-refractivity contribution in [3.05, 3.63) is 71.7 Å². The van der Waals surface area contributed by atoms with E-state index in [0.29, 0.717) is 30.4 Å². The van der Waals surface area contributed by atoms with Gasteiger partial charge in [0, 0.05) is 32.4 Å². The van der Waals surface area contributed by atoms with Crippen LogP contribution in [0.1, 0.15) is 53.1 Å². The highest BCUT2D eigenvalue weighted by Crippen LogP contribution is 2.32. The Kier molecular flexibility index (Phi) is 4.75. The second kappa shape index (κ2) is 7.34. The molecule has 4 rings (SSSR count). The Bertz CT molecular complexity index is 932. The fraction of sp³-hybridized carbons (Fsp3) is 0.350. The minimum absolute atomic E-state index is 0.106. The number of carbonyl (C=O) groups is 1. The maximum atomic E-state index is 13.1. The fourth-order valence-electron chi connectivity index (χ4n) is 3.49. The molecule has 0 saturated carbocycles. The first-order valence-electron chi connectivity index (χ1n) is 9.09. The molecule has 6 nitrogen and oxygen atoms in total. The summed E-state index contributed by atoms with van der Waals surface area (Å²) in [5, 5.41) is 0. The predicted molar refractivity (Wildman–Crippen MR) is 96.5 cm³/mol. The van der Waals surface area contributed by atoms with Crippen molar-refractivity contribution in [1.82, 2.24) is 19.4 Å². The number of halogens is 1. The maximum absolute atomic E-state index is 13.1. The number of carbonyl (C=O) groups excluding carboxylic acids is 1. The molecular formula is C20H21FN4O2. The second-order valence-electron chi connectivity index (χ2n) is 6.84. The van der Waals surface area contributed by atoms with Crippen molar-refractivity contribution in [3.8, 4) is 0 Å². The number of benzene rings is 1. The first-order valence-corrected chi connectivity index (χ1v) is 9.09. The van der Waals surface area contributed by atoms with Crippen molar-refractivity contribution in [3.63, 3.8) is 0 Å². The zero-order valence-electron chi connectivity index (χ0n) is 15.1. The first kappa shape index (κ1) is 17.5. The Morgan fingerprint density at radius 2 is 2.07 bits per heavy atom. The summed E-state index contributed by atoms with van der Waals surface area (Å²) < 4.78 is 20.7. The minimum atomic E-state index is -0.261. The molecule has 3 heterocycles. The van der Waals surface area contributed by atoms with Crippen molar-refractivity contribution in [2.24, 2.45) is 7.05 Å². The van der Waals surface area contributed by atoms with Gasteiger partial charge in [0.05, 0.1) is 6.20 Å². The maximum Gasteiger partial charge on any atom is 0.290 e. The standard InChI is InChI=1S/C20H21FN4O2/c1-24-11-9-22-18(24)20(26)25-10-3-2-4-17(25)19-23-13-16(27-19)12-14-5-7-15(21)8-6-14/h5-9,11,13,17H,2-4,10,12H2,1H3/t17-/m1/s1. The summed E-state index contributed by atoms with van der Waals surface area (Å²) in [4.78, 5) is 23.3. The fourth-order valence-corrected chi connectivity index (χ4v) is 3.49. The average Bonchev–Trinajstić information content (AvgIpc) is 3.32. The molecule has 1 fully saturated rings. The molecule has 0 bridgehead atoms. The SMILES string of the molecule is Cn1ccnc1C(=O)N1CCCC[C@@H]1c1ncc(Cc2ccc(F)cc2)o1. The quantitative estimate of drug-likeness (QED) is 0.707. The Labute approximate surface area is 156 Å². The summed E-state index contributed by atoms with van der Waals surface area (Å²) >= 11 is 0. The molecule has 0 N–H and O–H groups in total. The van der Waals surface area contributed by atoms with Crippen LogP contribution in [0.2, 0.25) is 0 Å². The van der Waals surface area contributed by atoms with Crippen molar-refractivity contribution in [2.45, 2.75) is 31.7 Å². The number of oxazole rings is 1. The Morgan fingerprint density at radius 1 is 1.26 bits per heavy atom. The van der Waals surface area contributed by atoms with Gasteiger partial charge in [-0.1, -0.05) is 12.1 Å². The Morgan fingerprint density at radius 3 is 2.81 bits per heavy atom. The van der Waals surface area contributed by atoms with Gasteiger partial charge in [0.1, 0.15) is 17.6 Å². The lowest BCUT2D eigenvalue weighted by Gasteiger charge is -2.33. The van der Waals surface area contributed by atoms with E-state index in [9.17, 15) is 9.18 Å². The van der Waals surface area contributed by atoms with Crippen LogP contribution in [0.5, 0.6) is 0 Å². The molecule has 140 valence electrons. The molecule has 0 spiro atoms. The zero-order chi connectivity index (χ0) is 18.8. The van der Waals surface area contributed by atoms with Gasteiger partial charge in [-0.05, 0) is 37.0 Å². The van der Waals surface area contributed by atoms with Gasteiger partial charge in [-0.3, -0.25) is 4.79 Å². The Balaban J connectivity index is 1.54. The van der Waals surface area contributed by atoms with Gasteiger partial charge in [-0.25, -0.2) is 14.4 Å². The van der Waals surface area contributed by atoms with Crippen LogP contribution in [0.4, 0.5) is 4.39 Å². The number of amides is 1. The molecule has 3 aromatic rings. The van der Waals surface area contributed by atoms with Crippen molar-refractivity contribution >= 4 is 5.91 Å². The van der Waals surface area contributed by atoms with Crippen molar-refractivity contribution < 1.29 is 13.6 Å². The number of nitrogens with zero attached hydrogens (tertiary/aromatic N) is 4. The van der Waals surface area contributed by atoms with Crippen molar-refractivity contribution in [1.29, 1.82) is 0 Å². The van der Waals surface area contributed by atoms with E-state index >= 15 is 0 Å². The lowest BCUT2D eigenvalue weighted by Crippen LogP contribution is -2.39. The molecular weight excluding hydrogens is 347 g/mol. The smallest absolute Gasteiger partial charge is 0.290 e. The van der Waals surface area contributed by atoms with Gasteiger partial charge in [0.25, 0.3) is 5.91 Å². The van der Waals surface area contributed by atoms with Crippen LogP contribution in [0.25, 0.3) is 0 Å². The van der Waals surface area contributed by atoms with Gasteiger partial charge in [0.15, 0.2) is 5.82 Å². The molecule has 0 aliphatic carbocycles. The minimum Gasteiger partial charge on any atom is -0.443 e. The van der Waals surface area contributed by atoms with Gasteiger partial charge in [-0.15, -0.1) is 0 Å².